The van der Waals surface area contributed by atoms with Crippen molar-refractivity contribution < 1.29 is 13.9 Å². The van der Waals surface area contributed by atoms with E-state index in [1.807, 2.05) is 61.5 Å². The number of hydrogen-bond donors (Lipinski definition) is 1. The number of carbonyl (C=O) groups excluding carboxylic acids is 1. The van der Waals surface area contributed by atoms with Gasteiger partial charge in [0, 0.05) is 6.04 Å². The second-order valence-corrected chi connectivity index (χ2v) is 7.81. The van der Waals surface area contributed by atoms with E-state index in [9.17, 15) is 4.79 Å². The van der Waals surface area contributed by atoms with E-state index in [0.717, 1.165) is 29.7 Å². The molecule has 0 aliphatic heterocycles. The number of hydrogen-bond acceptors (Lipinski definition) is 6. The molecule has 1 fully saturated rings. The Bertz CT molecular complexity index is 941. The Labute approximate surface area is 167 Å². The zero-order valence-electron chi connectivity index (χ0n) is 15.5. The van der Waals surface area contributed by atoms with Crippen molar-refractivity contribution in [3.63, 3.8) is 0 Å². The molecule has 0 bridgehead atoms. The van der Waals surface area contributed by atoms with Crippen molar-refractivity contribution >= 4 is 17.7 Å². The molecule has 0 spiro atoms. The molecule has 7 heteroatoms. The van der Waals surface area contributed by atoms with Crippen LogP contribution < -0.4 is 10.1 Å². The fourth-order valence-corrected chi connectivity index (χ4v) is 3.60. The van der Waals surface area contributed by atoms with Crippen LogP contribution in [0.2, 0.25) is 0 Å². The van der Waals surface area contributed by atoms with E-state index in [1.54, 1.807) is 0 Å². The number of aryl methyl sites for hydroxylation is 1. The predicted molar refractivity (Wildman–Crippen MR) is 106 cm³/mol. The number of amides is 1. The molecule has 0 radical (unpaired) electrons. The van der Waals surface area contributed by atoms with Crippen LogP contribution in [0.25, 0.3) is 0 Å². The van der Waals surface area contributed by atoms with Crippen LogP contribution in [-0.2, 0) is 11.4 Å². The van der Waals surface area contributed by atoms with Crippen molar-refractivity contribution in [3.05, 3.63) is 71.6 Å². The molecule has 1 amide bonds. The number of nitrogens with one attached hydrogen (secondary N) is 1. The fraction of sp³-hybridized carbons (Fsp3) is 0.286. The van der Waals surface area contributed by atoms with Gasteiger partial charge in [0.1, 0.15) is 11.0 Å². The van der Waals surface area contributed by atoms with Crippen molar-refractivity contribution in [1.29, 1.82) is 0 Å². The van der Waals surface area contributed by atoms with Gasteiger partial charge in [-0.3, -0.25) is 4.79 Å². The van der Waals surface area contributed by atoms with Crippen molar-refractivity contribution in [1.82, 2.24) is 15.5 Å². The van der Waals surface area contributed by atoms with Crippen LogP contribution in [0.15, 0.2) is 64.2 Å². The van der Waals surface area contributed by atoms with Crippen LogP contribution in [0.3, 0.4) is 0 Å². The molecule has 144 valence electrons. The number of nitrogens with zero attached hydrogens (tertiary/aromatic N) is 2. The Balaban J connectivity index is 1.43. The molecule has 0 unspecified atom stereocenters. The van der Waals surface area contributed by atoms with Gasteiger partial charge in [-0.1, -0.05) is 42.5 Å². The highest BCUT2D eigenvalue weighted by molar-refractivity contribution is 8.00. The minimum absolute atomic E-state index is 0.0329. The number of benzene rings is 2. The average molecular weight is 395 g/mol. The second-order valence-electron chi connectivity index (χ2n) is 6.76. The van der Waals surface area contributed by atoms with Gasteiger partial charge < -0.3 is 14.5 Å². The van der Waals surface area contributed by atoms with Crippen LogP contribution in [0.1, 0.15) is 35.1 Å². The lowest BCUT2D eigenvalue weighted by molar-refractivity contribution is -0.120. The topological polar surface area (TPSA) is 77.2 Å². The van der Waals surface area contributed by atoms with Gasteiger partial charge in [-0.2, -0.15) is 0 Å². The van der Waals surface area contributed by atoms with E-state index in [2.05, 4.69) is 15.5 Å². The third-order valence-corrected chi connectivity index (χ3v) is 5.37. The first-order chi connectivity index (χ1) is 13.7. The van der Waals surface area contributed by atoms with Gasteiger partial charge in [0.2, 0.25) is 5.91 Å². The normalized spacial score (nSPS) is 14.5. The molecule has 6 nitrogen and oxygen atoms in total. The van der Waals surface area contributed by atoms with Crippen molar-refractivity contribution in [2.24, 2.45) is 0 Å². The van der Waals surface area contributed by atoms with E-state index in [0.29, 0.717) is 17.2 Å². The number of carbonyl (C=O) groups is 1. The summed E-state index contributed by atoms with van der Waals surface area (Å²) in [6.07, 6.45) is 2.08. The van der Waals surface area contributed by atoms with Crippen molar-refractivity contribution in [3.8, 4) is 5.75 Å². The third-order valence-electron chi connectivity index (χ3n) is 4.28. The lowest BCUT2D eigenvalue weighted by Gasteiger charge is -2.14. The number of aromatic nitrogens is 2. The molecule has 1 heterocycles. The van der Waals surface area contributed by atoms with Gasteiger partial charge in [0.05, 0.1) is 0 Å². The number of ether oxygens (including phenoxy) is 1. The van der Waals surface area contributed by atoms with Gasteiger partial charge in [-0.25, -0.2) is 0 Å². The molecule has 4 rings (SSSR count). The first-order valence-electron chi connectivity index (χ1n) is 9.21. The Morgan fingerprint density at radius 3 is 2.79 bits per heavy atom. The predicted octanol–water partition coefficient (Wildman–Crippen LogP) is 4.07. The molecule has 1 saturated carbocycles. The summed E-state index contributed by atoms with van der Waals surface area (Å²) < 4.78 is 11.4. The van der Waals surface area contributed by atoms with E-state index in [-0.39, 0.29) is 12.5 Å². The molecule has 0 saturated heterocycles. The van der Waals surface area contributed by atoms with E-state index < -0.39 is 5.25 Å². The Morgan fingerprint density at radius 2 is 2.04 bits per heavy atom. The molecular weight excluding hydrogens is 374 g/mol. The lowest BCUT2D eigenvalue weighted by Crippen LogP contribution is -2.29. The van der Waals surface area contributed by atoms with Crippen LogP contribution in [0.4, 0.5) is 0 Å². The largest absolute Gasteiger partial charge is 0.484 e. The summed E-state index contributed by atoms with van der Waals surface area (Å²) in [4.78, 5) is 12.7. The quantitative estimate of drug-likeness (QED) is 0.580. The Hall–Kier alpha value is -2.80. The maximum absolute atomic E-state index is 12.7. The zero-order chi connectivity index (χ0) is 19.3. The molecule has 28 heavy (non-hydrogen) atoms. The minimum atomic E-state index is -0.437. The summed E-state index contributed by atoms with van der Waals surface area (Å²) >= 11 is 1.26. The van der Waals surface area contributed by atoms with Crippen LogP contribution in [-0.4, -0.2) is 22.1 Å². The van der Waals surface area contributed by atoms with E-state index in [1.165, 1.54) is 11.8 Å². The maximum atomic E-state index is 12.7. The standard InChI is InChI=1S/C21H21N3O3S/c1-14-6-5-9-17(12-14)26-13-18-23-24-21(27-18)28-19(15-7-3-2-4-8-15)20(25)22-16-10-11-16/h2-9,12,16,19H,10-11,13H2,1H3,(H,22,25)/t19-/m1/s1. The maximum Gasteiger partial charge on any atom is 0.277 e. The van der Waals surface area contributed by atoms with Crippen LogP contribution in [0.5, 0.6) is 5.75 Å². The Kier molecular flexibility index (Phi) is 5.62. The number of thioether (sulfide) groups is 1. The van der Waals surface area contributed by atoms with Crippen molar-refractivity contribution in [2.75, 3.05) is 0 Å². The lowest BCUT2D eigenvalue weighted by atomic mass is 10.1. The summed E-state index contributed by atoms with van der Waals surface area (Å²) in [7, 11) is 0. The average Bonchev–Trinajstić information content (AvgIpc) is 3.40. The first-order valence-corrected chi connectivity index (χ1v) is 10.1. The zero-order valence-corrected chi connectivity index (χ0v) is 16.3. The summed E-state index contributed by atoms with van der Waals surface area (Å²) in [5.41, 5.74) is 2.02. The van der Waals surface area contributed by atoms with Gasteiger partial charge in [0.25, 0.3) is 11.1 Å². The Morgan fingerprint density at radius 1 is 1.21 bits per heavy atom. The van der Waals surface area contributed by atoms with Gasteiger partial charge in [-0.15, -0.1) is 10.2 Å². The molecule has 1 N–H and O–H groups in total. The molecule has 2 aromatic carbocycles. The minimum Gasteiger partial charge on any atom is -0.484 e. The summed E-state index contributed by atoms with van der Waals surface area (Å²) in [5.74, 6) is 1.09. The molecule has 1 aliphatic carbocycles. The molecule has 1 atom stereocenters. The van der Waals surface area contributed by atoms with Crippen molar-refractivity contribution in [2.45, 2.75) is 42.9 Å². The van der Waals surface area contributed by atoms with Gasteiger partial charge in [0.15, 0.2) is 6.61 Å². The smallest absolute Gasteiger partial charge is 0.277 e. The third kappa shape index (κ3) is 4.92. The number of rotatable bonds is 8. The monoisotopic (exact) mass is 395 g/mol. The highest BCUT2D eigenvalue weighted by Crippen LogP contribution is 2.35. The highest BCUT2D eigenvalue weighted by Gasteiger charge is 2.30. The van der Waals surface area contributed by atoms with E-state index in [4.69, 9.17) is 9.15 Å². The van der Waals surface area contributed by atoms with E-state index >= 15 is 0 Å². The summed E-state index contributed by atoms with van der Waals surface area (Å²) in [6.45, 7) is 2.19. The van der Waals surface area contributed by atoms with Gasteiger partial charge in [-0.05, 0) is 54.8 Å². The van der Waals surface area contributed by atoms with Crippen LogP contribution >= 0.6 is 11.8 Å². The van der Waals surface area contributed by atoms with Gasteiger partial charge >= 0.3 is 0 Å². The highest BCUT2D eigenvalue weighted by atomic mass is 32.2. The fourth-order valence-electron chi connectivity index (χ4n) is 2.70. The SMILES string of the molecule is Cc1cccc(OCc2nnc(S[C@@H](C(=O)NC3CC3)c3ccccc3)o2)c1. The molecular formula is C21H21N3O3S. The molecule has 1 aromatic heterocycles. The molecule has 3 aromatic rings. The molecule has 1 aliphatic rings. The summed E-state index contributed by atoms with van der Waals surface area (Å²) in [5, 5.41) is 11.1. The first kappa shape index (κ1) is 18.6. The summed E-state index contributed by atoms with van der Waals surface area (Å²) in [6, 6.07) is 17.7. The second kappa shape index (κ2) is 8.48. The van der Waals surface area contributed by atoms with Crippen LogP contribution in [0, 0.1) is 6.92 Å².